The van der Waals surface area contributed by atoms with Crippen LogP contribution in [0.4, 0.5) is 0 Å². The lowest BCUT2D eigenvalue weighted by Crippen LogP contribution is -2.58. The molecule has 1 unspecified atom stereocenters. The predicted octanol–water partition coefficient (Wildman–Crippen LogP) is 9.33. The van der Waals surface area contributed by atoms with Crippen molar-refractivity contribution in [2.75, 3.05) is 0 Å². The lowest BCUT2D eigenvalue weighted by molar-refractivity contribution is -0.154. The summed E-state index contributed by atoms with van der Waals surface area (Å²) in [5.41, 5.74) is 1.15. The molecule has 0 amide bonds. The Labute approximate surface area is 202 Å². The number of hydrogen-bond acceptors (Lipinski definition) is 1. The molecule has 2 heteroatoms. The summed E-state index contributed by atoms with van der Waals surface area (Å²) in [6.45, 7) is 20.1. The van der Waals surface area contributed by atoms with Crippen LogP contribution in [0.15, 0.2) is 0 Å². The summed E-state index contributed by atoms with van der Waals surface area (Å²) >= 11 is 0. The first-order valence-corrected chi connectivity index (χ1v) is 18.0. The van der Waals surface area contributed by atoms with Crippen molar-refractivity contribution < 1.29 is 4.43 Å². The monoisotopic (exact) mass is 460 g/mol. The van der Waals surface area contributed by atoms with Gasteiger partial charge in [0.05, 0.1) is 0 Å². The van der Waals surface area contributed by atoms with Gasteiger partial charge in [0.15, 0.2) is 8.32 Å². The fourth-order valence-electron chi connectivity index (χ4n) is 9.93. The summed E-state index contributed by atoms with van der Waals surface area (Å²) in [5, 5.41) is 0. The van der Waals surface area contributed by atoms with Crippen LogP contribution in [0.5, 0.6) is 0 Å². The molecule has 4 fully saturated rings. The lowest BCUT2D eigenvalue weighted by Gasteiger charge is -2.63. The molecular formula is C30H56OSi. The van der Waals surface area contributed by atoms with Crippen molar-refractivity contribution in [2.24, 2.45) is 52.3 Å². The van der Waals surface area contributed by atoms with Crippen molar-refractivity contribution >= 4 is 8.32 Å². The van der Waals surface area contributed by atoms with Gasteiger partial charge in [0.2, 0.25) is 0 Å². The lowest BCUT2D eigenvalue weighted by atomic mass is 9.44. The molecule has 32 heavy (non-hydrogen) atoms. The highest BCUT2D eigenvalue weighted by Crippen LogP contribution is 2.68. The molecule has 4 aliphatic carbocycles. The summed E-state index contributed by atoms with van der Waals surface area (Å²) in [7, 11) is -1.52. The molecule has 0 spiro atoms. The van der Waals surface area contributed by atoms with Crippen molar-refractivity contribution in [1.29, 1.82) is 0 Å². The molecule has 4 rings (SSSR count). The van der Waals surface area contributed by atoms with E-state index in [1.54, 1.807) is 0 Å². The van der Waals surface area contributed by atoms with E-state index < -0.39 is 8.32 Å². The zero-order valence-electron chi connectivity index (χ0n) is 23.0. The van der Waals surface area contributed by atoms with Crippen molar-refractivity contribution in [3.63, 3.8) is 0 Å². The van der Waals surface area contributed by atoms with Crippen LogP contribution < -0.4 is 0 Å². The highest BCUT2D eigenvalue weighted by Gasteiger charge is 2.62. The third-order valence-corrected chi connectivity index (χ3v) is 12.3. The van der Waals surface area contributed by atoms with Gasteiger partial charge >= 0.3 is 0 Å². The number of hydrogen-bond donors (Lipinski definition) is 0. The fraction of sp³-hybridized carbons (Fsp3) is 1.00. The maximum atomic E-state index is 7.03. The zero-order valence-corrected chi connectivity index (χ0v) is 24.0. The average Bonchev–Trinajstić information content (AvgIpc) is 3.04. The van der Waals surface area contributed by atoms with Gasteiger partial charge in [-0.05, 0) is 117 Å². The Balaban J connectivity index is 1.54. The molecule has 0 heterocycles. The van der Waals surface area contributed by atoms with Gasteiger partial charge in [-0.15, -0.1) is 0 Å². The van der Waals surface area contributed by atoms with Crippen LogP contribution in [0.1, 0.15) is 112 Å². The Morgan fingerprint density at radius 2 is 1.53 bits per heavy atom. The summed E-state index contributed by atoms with van der Waals surface area (Å²) < 4.78 is 7.03. The predicted molar refractivity (Wildman–Crippen MR) is 141 cm³/mol. The Morgan fingerprint density at radius 1 is 0.812 bits per heavy atom. The number of fused-ring (bicyclic) bond motifs is 5. The minimum atomic E-state index is -1.52. The van der Waals surface area contributed by atoms with E-state index in [2.05, 4.69) is 54.3 Å². The van der Waals surface area contributed by atoms with Gasteiger partial charge in [0.25, 0.3) is 0 Å². The van der Waals surface area contributed by atoms with Crippen LogP contribution in [0.2, 0.25) is 19.6 Å². The van der Waals surface area contributed by atoms with E-state index in [4.69, 9.17) is 4.43 Å². The van der Waals surface area contributed by atoms with Crippen LogP contribution >= 0.6 is 0 Å². The van der Waals surface area contributed by atoms with Crippen LogP contribution in [0.25, 0.3) is 0 Å². The van der Waals surface area contributed by atoms with E-state index in [1.807, 2.05) is 0 Å². The van der Waals surface area contributed by atoms with E-state index in [0.29, 0.717) is 16.9 Å². The van der Waals surface area contributed by atoms with Crippen molar-refractivity contribution in [3.05, 3.63) is 0 Å². The molecule has 0 radical (unpaired) electrons. The van der Waals surface area contributed by atoms with Gasteiger partial charge in [-0.25, -0.2) is 0 Å². The largest absolute Gasteiger partial charge is 0.414 e. The molecule has 0 aromatic carbocycles. The van der Waals surface area contributed by atoms with E-state index >= 15 is 0 Å². The molecule has 9 atom stereocenters. The van der Waals surface area contributed by atoms with Crippen LogP contribution in [-0.4, -0.2) is 14.4 Å². The molecule has 0 aromatic rings. The van der Waals surface area contributed by atoms with Crippen molar-refractivity contribution in [1.82, 2.24) is 0 Å². The molecule has 0 aromatic heterocycles. The maximum absolute atomic E-state index is 7.03. The first kappa shape index (κ1) is 25.3. The van der Waals surface area contributed by atoms with Crippen molar-refractivity contribution in [2.45, 2.75) is 137 Å². The molecule has 1 nitrogen and oxygen atoms in total. The Morgan fingerprint density at radius 3 is 2.22 bits per heavy atom. The Hall–Kier alpha value is 0.177. The summed E-state index contributed by atoms with van der Waals surface area (Å²) in [6, 6.07) is 0. The molecule has 0 saturated heterocycles. The quantitative estimate of drug-likeness (QED) is 0.344. The minimum Gasteiger partial charge on any atom is -0.414 e. The first-order chi connectivity index (χ1) is 15.0. The molecule has 0 bridgehead atoms. The normalized spacial score (nSPS) is 45.3. The van der Waals surface area contributed by atoms with E-state index in [0.717, 1.165) is 41.4 Å². The second-order valence-corrected chi connectivity index (χ2v) is 19.2. The van der Waals surface area contributed by atoms with Gasteiger partial charge in [-0.3, -0.25) is 0 Å². The third kappa shape index (κ3) is 4.67. The SMILES string of the molecule is CC(C)CCC[C@@H](C)[C@H]1CC[C@H]2[C@@H]3CC(O[Si](C)(C)C)[C@H]4CCCC[C@]4(C)[C@H]3CC[C@]12C. The van der Waals surface area contributed by atoms with Gasteiger partial charge in [0, 0.05) is 6.10 Å². The van der Waals surface area contributed by atoms with Crippen LogP contribution in [0.3, 0.4) is 0 Å². The van der Waals surface area contributed by atoms with Crippen molar-refractivity contribution in [3.8, 4) is 0 Å². The average molecular weight is 461 g/mol. The van der Waals surface area contributed by atoms with Crippen LogP contribution in [-0.2, 0) is 4.43 Å². The topological polar surface area (TPSA) is 9.23 Å². The summed E-state index contributed by atoms with van der Waals surface area (Å²) in [6.07, 6.45) is 18.1. The molecule has 0 aliphatic heterocycles. The molecule has 186 valence electrons. The Kier molecular flexibility index (Phi) is 7.37. The highest BCUT2D eigenvalue weighted by molar-refractivity contribution is 6.69. The van der Waals surface area contributed by atoms with Gasteiger partial charge < -0.3 is 4.43 Å². The molecular weight excluding hydrogens is 404 g/mol. The van der Waals surface area contributed by atoms with E-state index in [1.165, 1.54) is 77.0 Å². The van der Waals surface area contributed by atoms with Gasteiger partial charge in [-0.2, -0.15) is 0 Å². The maximum Gasteiger partial charge on any atom is 0.184 e. The van der Waals surface area contributed by atoms with Gasteiger partial charge in [-0.1, -0.05) is 66.7 Å². The van der Waals surface area contributed by atoms with E-state index in [9.17, 15) is 0 Å². The fourth-order valence-corrected chi connectivity index (χ4v) is 11.1. The molecule has 4 aliphatic rings. The Bertz CT molecular complexity index is 637. The smallest absolute Gasteiger partial charge is 0.184 e. The second-order valence-electron chi connectivity index (χ2n) is 14.8. The third-order valence-electron chi connectivity index (χ3n) is 11.3. The zero-order chi connectivity index (χ0) is 23.3. The highest BCUT2D eigenvalue weighted by atomic mass is 28.4. The number of rotatable bonds is 7. The van der Waals surface area contributed by atoms with E-state index in [-0.39, 0.29) is 0 Å². The minimum absolute atomic E-state index is 0.549. The van der Waals surface area contributed by atoms with Crippen LogP contribution in [0, 0.1) is 52.3 Å². The molecule has 4 saturated carbocycles. The second kappa shape index (κ2) is 9.33. The van der Waals surface area contributed by atoms with Gasteiger partial charge in [0.1, 0.15) is 0 Å². The standard InChI is InChI=1S/C30H56OSi/c1-21(2)12-11-13-22(3)24-15-16-25-23-20-28(31-32(6,7)8)27-14-9-10-18-29(27,4)26(23)17-19-30(24,25)5/h21-28H,9-20H2,1-8H3/t22-,23+,24-,25+,26+,27-,28?,29-,30-/m1/s1. The summed E-state index contributed by atoms with van der Waals surface area (Å²) in [5.74, 6) is 6.45. The summed E-state index contributed by atoms with van der Waals surface area (Å²) in [4.78, 5) is 0. The molecule has 0 N–H and O–H groups in total. The first-order valence-electron chi connectivity index (χ1n) is 14.6.